The van der Waals surface area contributed by atoms with Crippen LogP contribution in [-0.2, 0) is 4.79 Å². The van der Waals surface area contributed by atoms with Crippen LogP contribution < -0.4 is 10.7 Å². The first-order chi connectivity index (χ1) is 12.5. The molecule has 0 aliphatic carbocycles. The minimum Gasteiger partial charge on any atom is -0.350 e. The van der Waals surface area contributed by atoms with Crippen LogP contribution in [0.5, 0.6) is 0 Å². The maximum absolute atomic E-state index is 11.2. The molecule has 1 aliphatic rings. The maximum Gasteiger partial charge on any atom is 0.217 e. The van der Waals surface area contributed by atoms with Crippen molar-refractivity contribution in [3.63, 3.8) is 0 Å². The number of aliphatic imine (C=N–C) groups is 1. The molecule has 6 heteroatoms. The fourth-order valence-corrected chi connectivity index (χ4v) is 3.45. The second kappa shape index (κ2) is 8.19. The van der Waals surface area contributed by atoms with Crippen molar-refractivity contribution < 1.29 is 4.79 Å². The Morgan fingerprint density at radius 3 is 2.58 bits per heavy atom. The van der Waals surface area contributed by atoms with E-state index in [0.29, 0.717) is 0 Å². The molecule has 1 heterocycles. The highest BCUT2D eigenvalue weighted by Crippen LogP contribution is 2.22. The average Bonchev–Trinajstić information content (AvgIpc) is 2.64. The smallest absolute Gasteiger partial charge is 0.217 e. The molecule has 0 radical (unpaired) electrons. The van der Waals surface area contributed by atoms with Gasteiger partial charge in [0.05, 0.1) is 17.4 Å². The number of amides is 1. The largest absolute Gasteiger partial charge is 0.350 e. The van der Waals surface area contributed by atoms with Gasteiger partial charge in [-0.25, -0.2) is 4.99 Å². The van der Waals surface area contributed by atoms with Crippen molar-refractivity contribution in [1.82, 2.24) is 10.7 Å². The number of para-hydroxylation sites is 1. The normalized spacial score (nSPS) is 16.6. The predicted molar refractivity (Wildman–Crippen MR) is 109 cm³/mol. The van der Waals surface area contributed by atoms with Gasteiger partial charge in [0.25, 0.3) is 0 Å². The summed E-state index contributed by atoms with van der Waals surface area (Å²) in [4.78, 5) is 15.8. The topological polar surface area (TPSA) is 65.8 Å². The molecule has 1 amide bonds. The molecular weight excluding hydrogens is 344 g/mol. The molecule has 0 bridgehead atoms. The van der Waals surface area contributed by atoms with Crippen molar-refractivity contribution in [3.05, 3.63) is 65.2 Å². The third-order valence-corrected chi connectivity index (χ3v) is 5.01. The minimum absolute atomic E-state index is 0.00445. The Hall–Kier alpha value is -2.60. The van der Waals surface area contributed by atoms with Crippen LogP contribution in [0.4, 0.5) is 5.69 Å². The van der Waals surface area contributed by atoms with E-state index < -0.39 is 0 Å². The van der Waals surface area contributed by atoms with Gasteiger partial charge >= 0.3 is 0 Å². The van der Waals surface area contributed by atoms with Gasteiger partial charge in [-0.15, -0.1) is 0 Å². The van der Waals surface area contributed by atoms with Gasteiger partial charge in [-0.05, 0) is 36.6 Å². The van der Waals surface area contributed by atoms with Gasteiger partial charge < -0.3 is 5.32 Å². The van der Waals surface area contributed by atoms with Crippen LogP contribution in [0.2, 0.25) is 0 Å². The summed E-state index contributed by atoms with van der Waals surface area (Å²) in [6.07, 6.45) is 0. The quantitative estimate of drug-likeness (QED) is 0.862. The number of benzene rings is 2. The molecule has 1 aliphatic heterocycles. The number of thioether (sulfide) groups is 1. The van der Waals surface area contributed by atoms with Crippen molar-refractivity contribution >= 4 is 34.2 Å². The summed E-state index contributed by atoms with van der Waals surface area (Å²) in [5, 5.41) is 8.17. The van der Waals surface area contributed by atoms with Crippen molar-refractivity contribution in [2.75, 3.05) is 5.75 Å². The van der Waals surface area contributed by atoms with Gasteiger partial charge in [-0.1, -0.05) is 54.2 Å². The summed E-state index contributed by atoms with van der Waals surface area (Å²) in [7, 11) is 0. The van der Waals surface area contributed by atoms with Gasteiger partial charge in [0.15, 0.2) is 5.17 Å². The lowest BCUT2D eigenvalue weighted by atomic mass is 10.0. The Bertz CT molecular complexity index is 858. The van der Waals surface area contributed by atoms with Gasteiger partial charge in [-0.2, -0.15) is 5.10 Å². The number of aryl methyl sites for hydroxylation is 1. The first kappa shape index (κ1) is 18.2. The first-order valence-electron chi connectivity index (χ1n) is 8.50. The summed E-state index contributed by atoms with van der Waals surface area (Å²) >= 11 is 1.64. The van der Waals surface area contributed by atoms with E-state index in [-0.39, 0.29) is 11.9 Å². The third-order valence-electron chi connectivity index (χ3n) is 4.13. The zero-order chi connectivity index (χ0) is 18.5. The zero-order valence-corrected chi connectivity index (χ0v) is 15.9. The van der Waals surface area contributed by atoms with Crippen molar-refractivity contribution in [2.24, 2.45) is 10.1 Å². The maximum atomic E-state index is 11.2. The van der Waals surface area contributed by atoms with Gasteiger partial charge in [0, 0.05) is 12.7 Å². The van der Waals surface area contributed by atoms with Crippen LogP contribution in [-0.4, -0.2) is 22.5 Å². The van der Waals surface area contributed by atoms with E-state index in [1.54, 1.807) is 11.8 Å². The van der Waals surface area contributed by atoms with Crippen LogP contribution in [0, 0.1) is 6.92 Å². The number of amidine groups is 1. The van der Waals surface area contributed by atoms with Crippen molar-refractivity contribution in [1.29, 1.82) is 0 Å². The second-order valence-corrected chi connectivity index (χ2v) is 7.17. The lowest BCUT2D eigenvalue weighted by molar-refractivity contribution is -0.119. The molecule has 1 atom stereocenters. The molecular formula is C20H22N4OS. The summed E-state index contributed by atoms with van der Waals surface area (Å²) in [6.45, 7) is 5.55. The Balaban J connectivity index is 1.69. The molecule has 1 unspecified atom stereocenters. The number of rotatable bonds is 4. The van der Waals surface area contributed by atoms with E-state index >= 15 is 0 Å². The first-order valence-corrected chi connectivity index (χ1v) is 9.48. The van der Waals surface area contributed by atoms with Crippen molar-refractivity contribution in [3.8, 4) is 0 Å². The number of nitrogens with zero attached hydrogens (tertiary/aromatic N) is 2. The van der Waals surface area contributed by atoms with Crippen LogP contribution in [0.3, 0.4) is 0 Å². The lowest BCUT2D eigenvalue weighted by Crippen LogP contribution is -2.25. The molecule has 0 saturated heterocycles. The molecule has 134 valence electrons. The predicted octanol–water partition coefficient (Wildman–Crippen LogP) is 3.92. The third kappa shape index (κ3) is 4.52. The monoisotopic (exact) mass is 366 g/mol. The number of carbonyl (C=O) groups excluding carboxylic acids is 1. The summed E-state index contributed by atoms with van der Waals surface area (Å²) in [5.74, 6) is 0.734. The number of nitrogens with one attached hydrogen (secondary N) is 2. The number of hydrogen-bond acceptors (Lipinski definition) is 4. The van der Waals surface area contributed by atoms with Crippen LogP contribution in [0.15, 0.2) is 58.6 Å². The fourth-order valence-electron chi connectivity index (χ4n) is 2.67. The molecule has 5 nitrogen and oxygen atoms in total. The summed E-state index contributed by atoms with van der Waals surface area (Å²) in [6, 6.07) is 16.2. The fraction of sp³-hybridized carbons (Fsp3) is 0.250. The molecule has 2 aromatic carbocycles. The Kier molecular flexibility index (Phi) is 5.73. The van der Waals surface area contributed by atoms with Crippen LogP contribution in [0.1, 0.15) is 36.6 Å². The zero-order valence-electron chi connectivity index (χ0n) is 15.1. The lowest BCUT2D eigenvalue weighted by Gasteiger charge is -2.17. The molecule has 0 saturated carbocycles. The highest BCUT2D eigenvalue weighted by Gasteiger charge is 2.14. The number of hydrazone groups is 1. The standard InChI is InChI=1S/C20H22N4OS/c1-13-6-4-5-7-18(13)22-20-24-23-19(12-26-20)17-10-8-16(9-11-17)14(2)21-15(3)25/h4-11,14H,12H2,1-3H3,(H,21,25)(H,22,24). The molecule has 0 aromatic heterocycles. The molecule has 2 N–H and O–H groups in total. The SMILES string of the molecule is CC(=O)NC(C)c1ccc(C2=NNC(=Nc3ccccc3C)SC2)cc1. The van der Waals surface area contributed by atoms with E-state index in [4.69, 9.17) is 0 Å². The second-order valence-electron chi connectivity index (χ2n) is 6.21. The highest BCUT2D eigenvalue weighted by molar-refractivity contribution is 8.14. The molecule has 3 rings (SSSR count). The molecule has 0 spiro atoms. The summed E-state index contributed by atoms with van der Waals surface area (Å²) < 4.78 is 0. The van der Waals surface area contributed by atoms with Crippen LogP contribution >= 0.6 is 11.8 Å². The molecule has 2 aromatic rings. The van der Waals surface area contributed by atoms with Crippen molar-refractivity contribution in [2.45, 2.75) is 26.8 Å². The minimum atomic E-state index is -0.0284. The Labute approximate surface area is 158 Å². The van der Waals surface area contributed by atoms with Gasteiger partial charge in [0.2, 0.25) is 5.91 Å². The van der Waals surface area contributed by atoms with E-state index in [9.17, 15) is 4.79 Å². The van der Waals surface area contributed by atoms with Gasteiger partial charge in [-0.3, -0.25) is 10.2 Å². The molecule has 0 fully saturated rings. The number of carbonyl (C=O) groups is 1. The van der Waals surface area contributed by atoms with E-state index in [1.807, 2.05) is 62.4 Å². The van der Waals surface area contributed by atoms with E-state index in [0.717, 1.165) is 39.0 Å². The number of hydrogen-bond donors (Lipinski definition) is 2. The molecule has 26 heavy (non-hydrogen) atoms. The summed E-state index contributed by atoms with van der Waals surface area (Å²) in [5.41, 5.74) is 8.27. The Morgan fingerprint density at radius 1 is 1.23 bits per heavy atom. The van der Waals surface area contributed by atoms with Crippen LogP contribution in [0.25, 0.3) is 0 Å². The van der Waals surface area contributed by atoms with E-state index in [1.165, 1.54) is 6.92 Å². The van der Waals surface area contributed by atoms with Gasteiger partial charge in [0.1, 0.15) is 0 Å². The highest BCUT2D eigenvalue weighted by atomic mass is 32.2. The Morgan fingerprint density at radius 2 is 1.96 bits per heavy atom. The van der Waals surface area contributed by atoms with E-state index in [2.05, 4.69) is 20.8 Å². The average molecular weight is 366 g/mol.